The normalized spacial score (nSPS) is 17.3. The number of hydrogen-bond acceptors (Lipinski definition) is 6. The molecule has 0 fully saturated rings. The van der Waals surface area contributed by atoms with Gasteiger partial charge < -0.3 is 5.73 Å². The van der Waals surface area contributed by atoms with E-state index in [0.29, 0.717) is 32.0 Å². The van der Waals surface area contributed by atoms with Crippen LogP contribution in [-0.4, -0.2) is 9.97 Å². The lowest BCUT2D eigenvalue weighted by molar-refractivity contribution is 0.893. The van der Waals surface area contributed by atoms with E-state index >= 15 is 0 Å². The molecule has 0 unspecified atom stereocenters. The summed E-state index contributed by atoms with van der Waals surface area (Å²) in [5.41, 5.74) is 11.5. The minimum atomic E-state index is 0.225. The van der Waals surface area contributed by atoms with Crippen molar-refractivity contribution < 1.29 is 0 Å². The third-order valence-electron chi connectivity index (χ3n) is 6.26. The minimum absolute atomic E-state index is 0.225. The Labute approximate surface area is 232 Å². The molecule has 1 aliphatic heterocycles. The molecule has 0 amide bonds. The molecule has 5 aromatic rings. The molecule has 6 rings (SSSR count). The van der Waals surface area contributed by atoms with E-state index in [4.69, 9.17) is 38.9 Å². The Hall–Kier alpha value is -2.22. The van der Waals surface area contributed by atoms with Crippen molar-refractivity contribution in [3.05, 3.63) is 116 Å². The molecular weight excluding hydrogens is 545 g/mol. The van der Waals surface area contributed by atoms with Gasteiger partial charge in [-0.1, -0.05) is 102 Å². The van der Waals surface area contributed by atoms with Gasteiger partial charge in [-0.3, -0.25) is 0 Å². The molecule has 1 aliphatic rings. The standard InChI is InChI=1S/C28H21Cl2N3S3/c29-19-12-11-18(21(30)13-19)15-34-28-32-26(31)23-20-14-22(16-7-3-1-4-8-16)35-24(17-9-5-2-6-10-17)25(20)36-27(23)33-28/h1-13,22,24H,14-15H2,(H2,31,32,33)/t22-,24+/m1/s1. The molecule has 0 aliphatic carbocycles. The molecule has 0 saturated carbocycles. The summed E-state index contributed by atoms with van der Waals surface area (Å²) < 4.78 is 0. The fourth-order valence-electron chi connectivity index (χ4n) is 4.52. The highest BCUT2D eigenvalue weighted by Gasteiger charge is 2.34. The van der Waals surface area contributed by atoms with Gasteiger partial charge in [-0.05, 0) is 40.8 Å². The van der Waals surface area contributed by atoms with Crippen LogP contribution < -0.4 is 5.73 Å². The first-order valence-electron chi connectivity index (χ1n) is 11.5. The lowest BCUT2D eigenvalue weighted by Crippen LogP contribution is -2.12. The number of benzene rings is 3. The second kappa shape index (κ2) is 10.3. The molecule has 8 heteroatoms. The highest BCUT2D eigenvalue weighted by atomic mass is 35.5. The Kier molecular flexibility index (Phi) is 6.88. The summed E-state index contributed by atoms with van der Waals surface area (Å²) >= 11 is 17.7. The molecule has 3 heterocycles. The van der Waals surface area contributed by atoms with Crippen molar-refractivity contribution in [2.75, 3.05) is 5.73 Å². The predicted octanol–water partition coefficient (Wildman–Crippen LogP) is 8.99. The number of nitrogens with two attached hydrogens (primary N) is 1. The van der Waals surface area contributed by atoms with E-state index < -0.39 is 0 Å². The van der Waals surface area contributed by atoms with Gasteiger partial charge in [-0.2, -0.15) is 0 Å². The molecular formula is C28H21Cl2N3S3. The number of anilines is 1. The van der Waals surface area contributed by atoms with Gasteiger partial charge in [0.05, 0.1) is 10.6 Å². The molecule has 3 aromatic carbocycles. The van der Waals surface area contributed by atoms with E-state index in [1.54, 1.807) is 17.4 Å². The van der Waals surface area contributed by atoms with Crippen molar-refractivity contribution in [1.82, 2.24) is 9.97 Å². The number of thiophene rings is 1. The molecule has 180 valence electrons. The Morgan fingerprint density at radius 3 is 2.36 bits per heavy atom. The molecule has 2 N–H and O–H groups in total. The number of nitrogen functional groups attached to an aromatic ring is 1. The summed E-state index contributed by atoms with van der Waals surface area (Å²) in [6, 6.07) is 27.0. The van der Waals surface area contributed by atoms with Crippen molar-refractivity contribution >= 4 is 74.1 Å². The number of thioether (sulfide) groups is 2. The van der Waals surface area contributed by atoms with Gasteiger partial charge in [0.15, 0.2) is 5.16 Å². The Morgan fingerprint density at radius 1 is 0.917 bits per heavy atom. The Morgan fingerprint density at radius 2 is 1.64 bits per heavy atom. The number of hydrogen-bond donors (Lipinski definition) is 1. The molecule has 3 nitrogen and oxygen atoms in total. The van der Waals surface area contributed by atoms with Crippen LogP contribution in [-0.2, 0) is 12.2 Å². The maximum atomic E-state index is 6.60. The van der Waals surface area contributed by atoms with Gasteiger partial charge in [0.1, 0.15) is 10.6 Å². The van der Waals surface area contributed by atoms with E-state index in [2.05, 4.69) is 60.7 Å². The largest absolute Gasteiger partial charge is 0.383 e. The summed E-state index contributed by atoms with van der Waals surface area (Å²) in [5, 5.41) is 3.49. The third-order valence-corrected chi connectivity index (χ3v) is 10.6. The maximum Gasteiger partial charge on any atom is 0.191 e. The van der Waals surface area contributed by atoms with Crippen LogP contribution in [0.4, 0.5) is 5.82 Å². The zero-order valence-corrected chi connectivity index (χ0v) is 23.0. The van der Waals surface area contributed by atoms with Crippen LogP contribution in [0.3, 0.4) is 0 Å². The van der Waals surface area contributed by atoms with E-state index in [9.17, 15) is 0 Å². The van der Waals surface area contributed by atoms with Crippen LogP contribution in [0.5, 0.6) is 0 Å². The number of fused-ring (bicyclic) bond motifs is 3. The molecule has 2 atom stereocenters. The minimum Gasteiger partial charge on any atom is -0.383 e. The summed E-state index contributed by atoms with van der Waals surface area (Å²) in [6.07, 6.45) is 0.910. The molecule has 0 radical (unpaired) electrons. The van der Waals surface area contributed by atoms with E-state index in [-0.39, 0.29) is 5.25 Å². The molecule has 0 saturated heterocycles. The van der Waals surface area contributed by atoms with Gasteiger partial charge in [0.25, 0.3) is 0 Å². The number of halogens is 2. The third kappa shape index (κ3) is 4.73. The predicted molar refractivity (Wildman–Crippen MR) is 157 cm³/mol. The van der Waals surface area contributed by atoms with Crippen molar-refractivity contribution in [3.8, 4) is 0 Å². The lowest BCUT2D eigenvalue weighted by Gasteiger charge is -2.30. The number of nitrogens with zero attached hydrogens (tertiary/aromatic N) is 2. The van der Waals surface area contributed by atoms with Gasteiger partial charge in [0, 0.05) is 25.9 Å². The van der Waals surface area contributed by atoms with E-state index in [1.807, 2.05) is 23.9 Å². The highest BCUT2D eigenvalue weighted by Crippen LogP contribution is 2.55. The molecule has 0 spiro atoms. The topological polar surface area (TPSA) is 51.8 Å². The maximum absolute atomic E-state index is 6.60. The lowest BCUT2D eigenvalue weighted by atomic mass is 9.98. The molecule has 36 heavy (non-hydrogen) atoms. The van der Waals surface area contributed by atoms with Crippen molar-refractivity contribution in [1.29, 1.82) is 0 Å². The summed E-state index contributed by atoms with van der Waals surface area (Å²) in [4.78, 5) is 11.9. The average Bonchev–Trinajstić information content (AvgIpc) is 3.27. The summed E-state index contributed by atoms with van der Waals surface area (Å²) in [6.45, 7) is 0. The van der Waals surface area contributed by atoms with E-state index in [1.165, 1.54) is 33.3 Å². The number of rotatable bonds is 5. The Balaban J connectivity index is 1.39. The van der Waals surface area contributed by atoms with Gasteiger partial charge in [-0.25, -0.2) is 9.97 Å². The van der Waals surface area contributed by atoms with Gasteiger partial charge in [0.2, 0.25) is 0 Å². The monoisotopic (exact) mass is 565 g/mol. The SMILES string of the molecule is Nc1nc(SCc2ccc(Cl)cc2Cl)nc2sc3c(c12)C[C@H](c1ccccc1)S[C@H]3c1ccccc1. The second-order valence-electron chi connectivity index (χ2n) is 8.57. The second-order valence-corrected chi connectivity index (χ2v) is 12.7. The first-order chi connectivity index (χ1) is 17.6. The highest BCUT2D eigenvalue weighted by molar-refractivity contribution is 8.00. The van der Waals surface area contributed by atoms with Crippen molar-refractivity contribution in [2.45, 2.75) is 27.8 Å². The number of aromatic nitrogens is 2. The molecule has 0 bridgehead atoms. The van der Waals surface area contributed by atoms with Crippen molar-refractivity contribution in [2.24, 2.45) is 0 Å². The fourth-order valence-corrected chi connectivity index (χ4v) is 9.01. The summed E-state index contributed by atoms with van der Waals surface area (Å²) in [5.74, 6) is 1.19. The average molecular weight is 567 g/mol. The van der Waals surface area contributed by atoms with Gasteiger partial charge >= 0.3 is 0 Å². The Bertz CT molecular complexity index is 1540. The first kappa shape index (κ1) is 24.1. The van der Waals surface area contributed by atoms with Crippen LogP contribution in [0.1, 0.15) is 37.6 Å². The van der Waals surface area contributed by atoms with Crippen LogP contribution in [0.25, 0.3) is 10.2 Å². The zero-order valence-electron chi connectivity index (χ0n) is 19.0. The van der Waals surface area contributed by atoms with Crippen LogP contribution in [0.15, 0.2) is 84.0 Å². The quantitative estimate of drug-likeness (QED) is 0.170. The summed E-state index contributed by atoms with van der Waals surface area (Å²) in [7, 11) is 0. The fraction of sp³-hybridized carbons (Fsp3) is 0.143. The van der Waals surface area contributed by atoms with Gasteiger partial charge in [-0.15, -0.1) is 23.1 Å². The smallest absolute Gasteiger partial charge is 0.191 e. The van der Waals surface area contributed by atoms with Crippen LogP contribution in [0, 0.1) is 0 Å². The van der Waals surface area contributed by atoms with E-state index in [0.717, 1.165) is 22.2 Å². The van der Waals surface area contributed by atoms with Crippen molar-refractivity contribution in [3.63, 3.8) is 0 Å². The zero-order chi connectivity index (χ0) is 24.6. The van der Waals surface area contributed by atoms with Crippen LogP contribution in [0.2, 0.25) is 10.0 Å². The molecule has 2 aromatic heterocycles. The first-order valence-corrected chi connectivity index (χ1v) is 15.0. The van der Waals surface area contributed by atoms with Crippen LogP contribution >= 0.6 is 58.1 Å².